The van der Waals surface area contributed by atoms with Crippen LogP contribution in [0.2, 0.25) is 10.0 Å². The fourth-order valence-electron chi connectivity index (χ4n) is 1.75. The highest BCUT2D eigenvalue weighted by Crippen LogP contribution is 2.25. The Morgan fingerprint density at radius 3 is 2.70 bits per heavy atom. The molecule has 0 spiro atoms. The number of nitrogens with zero attached hydrogens (tertiary/aromatic N) is 2. The van der Waals surface area contributed by atoms with Gasteiger partial charge in [0.2, 0.25) is 0 Å². The maximum absolute atomic E-state index is 12.2. The van der Waals surface area contributed by atoms with Gasteiger partial charge in [-0.15, -0.1) is 0 Å². The van der Waals surface area contributed by atoms with Gasteiger partial charge in [0.25, 0.3) is 5.56 Å². The normalized spacial score (nSPS) is 10.6. The molecule has 0 bridgehead atoms. The first-order valence-electron chi connectivity index (χ1n) is 5.91. The molecule has 0 radical (unpaired) electrons. The Hall–Kier alpha value is -1.65. The van der Waals surface area contributed by atoms with Crippen molar-refractivity contribution in [2.24, 2.45) is 0 Å². The van der Waals surface area contributed by atoms with Crippen LogP contribution < -0.4 is 5.56 Å². The zero-order chi connectivity index (χ0) is 14.9. The van der Waals surface area contributed by atoms with Crippen LogP contribution in [0.3, 0.4) is 0 Å². The van der Waals surface area contributed by atoms with Gasteiger partial charge in [0, 0.05) is 16.8 Å². The third-order valence-electron chi connectivity index (χ3n) is 3.08. The second-order valence-corrected chi connectivity index (χ2v) is 5.20. The first-order valence-corrected chi connectivity index (χ1v) is 6.67. The highest BCUT2D eigenvalue weighted by atomic mass is 35.5. The Kier molecular flexibility index (Phi) is 4.26. The molecule has 1 aromatic heterocycles. The molecule has 0 saturated heterocycles. The van der Waals surface area contributed by atoms with E-state index in [-0.39, 0.29) is 22.9 Å². The topological polar surface area (TPSA) is 52.0 Å². The van der Waals surface area contributed by atoms with Crippen LogP contribution >= 0.6 is 23.2 Å². The van der Waals surface area contributed by atoms with E-state index in [0.717, 1.165) is 0 Å². The standard InChI is InChI=1S/C14H12Cl2N2O2/c1-8-9(2)17-7-18(14(8)20)6-12(19)10-4-3-5-11(15)13(10)16/h3-5,7H,6H2,1-2H3. The summed E-state index contributed by atoms with van der Waals surface area (Å²) in [5.74, 6) is -0.287. The number of halogens is 2. The molecule has 20 heavy (non-hydrogen) atoms. The summed E-state index contributed by atoms with van der Waals surface area (Å²) in [6, 6.07) is 4.82. The minimum absolute atomic E-state index is 0.118. The number of ketones is 1. The molecule has 0 atom stereocenters. The Morgan fingerprint density at radius 2 is 2.00 bits per heavy atom. The maximum atomic E-state index is 12.2. The predicted octanol–water partition coefficient (Wildman–Crippen LogP) is 3.05. The molecule has 104 valence electrons. The average Bonchev–Trinajstić information content (AvgIpc) is 2.42. The maximum Gasteiger partial charge on any atom is 0.256 e. The number of carbonyl (C=O) groups excluding carboxylic acids is 1. The molecule has 4 nitrogen and oxygen atoms in total. The van der Waals surface area contributed by atoms with Crippen LogP contribution in [0, 0.1) is 13.8 Å². The number of benzene rings is 1. The number of hydrogen-bond acceptors (Lipinski definition) is 3. The van der Waals surface area contributed by atoms with Gasteiger partial charge in [0.05, 0.1) is 22.9 Å². The van der Waals surface area contributed by atoms with Crippen molar-refractivity contribution in [2.45, 2.75) is 20.4 Å². The molecule has 0 fully saturated rings. The van der Waals surface area contributed by atoms with Crippen LogP contribution in [0.5, 0.6) is 0 Å². The van der Waals surface area contributed by atoms with Crippen LogP contribution in [0.1, 0.15) is 21.6 Å². The van der Waals surface area contributed by atoms with E-state index in [9.17, 15) is 9.59 Å². The summed E-state index contributed by atoms with van der Waals surface area (Å²) in [5.41, 5.74) is 1.24. The largest absolute Gasteiger partial charge is 0.292 e. The van der Waals surface area contributed by atoms with Crippen LogP contribution in [0.25, 0.3) is 0 Å². The number of Topliss-reactive ketones (excluding diaryl/α,β-unsaturated/α-hetero) is 1. The number of hydrogen-bond donors (Lipinski definition) is 0. The lowest BCUT2D eigenvalue weighted by atomic mass is 10.1. The van der Waals surface area contributed by atoms with Gasteiger partial charge in [-0.1, -0.05) is 29.3 Å². The zero-order valence-corrected chi connectivity index (χ0v) is 12.5. The van der Waals surface area contributed by atoms with Crippen LogP contribution in [-0.2, 0) is 6.54 Å². The van der Waals surface area contributed by atoms with Crippen LogP contribution in [0.15, 0.2) is 29.3 Å². The molecule has 0 aliphatic heterocycles. The molecular weight excluding hydrogens is 299 g/mol. The summed E-state index contributed by atoms with van der Waals surface area (Å²) in [6.45, 7) is 3.31. The molecule has 6 heteroatoms. The Bertz CT molecular complexity index is 738. The van der Waals surface area contributed by atoms with Gasteiger partial charge in [-0.3, -0.25) is 14.2 Å². The van der Waals surface area contributed by atoms with Gasteiger partial charge in [0.15, 0.2) is 5.78 Å². The first-order chi connectivity index (χ1) is 9.41. The molecule has 1 heterocycles. The van der Waals surface area contributed by atoms with Gasteiger partial charge in [-0.2, -0.15) is 0 Å². The average molecular weight is 311 g/mol. The van der Waals surface area contributed by atoms with E-state index in [4.69, 9.17) is 23.2 Å². The van der Waals surface area contributed by atoms with Crippen molar-refractivity contribution in [1.29, 1.82) is 0 Å². The number of carbonyl (C=O) groups is 1. The molecule has 0 aliphatic rings. The van der Waals surface area contributed by atoms with Gasteiger partial charge < -0.3 is 0 Å². The van der Waals surface area contributed by atoms with Crippen molar-refractivity contribution in [3.8, 4) is 0 Å². The molecule has 0 N–H and O–H groups in total. The third kappa shape index (κ3) is 2.76. The lowest BCUT2D eigenvalue weighted by Crippen LogP contribution is -2.27. The van der Waals surface area contributed by atoms with E-state index in [1.54, 1.807) is 32.0 Å². The summed E-state index contributed by atoms with van der Waals surface area (Å²) in [4.78, 5) is 28.3. The second kappa shape index (κ2) is 5.77. The molecule has 0 amide bonds. The lowest BCUT2D eigenvalue weighted by molar-refractivity contribution is 0.0970. The second-order valence-electron chi connectivity index (χ2n) is 4.41. The van der Waals surface area contributed by atoms with Crippen LogP contribution in [0.4, 0.5) is 0 Å². The Balaban J connectivity index is 2.36. The number of aryl methyl sites for hydroxylation is 1. The number of aromatic nitrogens is 2. The molecule has 0 aliphatic carbocycles. The Morgan fingerprint density at radius 1 is 1.30 bits per heavy atom. The third-order valence-corrected chi connectivity index (χ3v) is 3.90. The van der Waals surface area contributed by atoms with E-state index in [2.05, 4.69) is 4.98 Å². The zero-order valence-electron chi connectivity index (χ0n) is 11.0. The van der Waals surface area contributed by atoms with Gasteiger partial charge >= 0.3 is 0 Å². The van der Waals surface area contributed by atoms with Crippen molar-refractivity contribution in [1.82, 2.24) is 9.55 Å². The van der Waals surface area contributed by atoms with E-state index in [1.165, 1.54) is 10.9 Å². The van der Waals surface area contributed by atoms with E-state index in [1.807, 2.05) is 0 Å². The summed E-state index contributed by atoms with van der Waals surface area (Å²) in [6.07, 6.45) is 1.36. The summed E-state index contributed by atoms with van der Waals surface area (Å²) in [7, 11) is 0. The first kappa shape index (κ1) is 14.8. The van der Waals surface area contributed by atoms with Crippen molar-refractivity contribution in [2.75, 3.05) is 0 Å². The van der Waals surface area contributed by atoms with E-state index in [0.29, 0.717) is 21.8 Å². The van der Waals surface area contributed by atoms with E-state index < -0.39 is 0 Å². The predicted molar refractivity (Wildman–Crippen MR) is 78.8 cm³/mol. The van der Waals surface area contributed by atoms with Gasteiger partial charge in [-0.25, -0.2) is 4.98 Å². The van der Waals surface area contributed by atoms with Gasteiger partial charge in [0.1, 0.15) is 0 Å². The number of rotatable bonds is 3. The van der Waals surface area contributed by atoms with Gasteiger partial charge in [-0.05, 0) is 26.0 Å². The van der Waals surface area contributed by atoms with Crippen molar-refractivity contribution >= 4 is 29.0 Å². The van der Waals surface area contributed by atoms with E-state index >= 15 is 0 Å². The highest BCUT2D eigenvalue weighted by molar-refractivity contribution is 6.43. The highest BCUT2D eigenvalue weighted by Gasteiger charge is 2.14. The SMILES string of the molecule is Cc1ncn(CC(=O)c2cccc(Cl)c2Cl)c(=O)c1C. The fourth-order valence-corrected chi connectivity index (χ4v) is 2.15. The summed E-state index contributed by atoms with van der Waals surface area (Å²) in [5, 5.41) is 0.507. The fraction of sp³-hybridized carbons (Fsp3) is 0.214. The minimum atomic E-state index is -0.287. The lowest BCUT2D eigenvalue weighted by Gasteiger charge is -2.08. The minimum Gasteiger partial charge on any atom is -0.292 e. The summed E-state index contributed by atoms with van der Waals surface area (Å²) >= 11 is 11.9. The molecular formula is C14H12Cl2N2O2. The quantitative estimate of drug-likeness (QED) is 0.819. The van der Waals surface area contributed by atoms with Crippen LogP contribution in [-0.4, -0.2) is 15.3 Å². The molecule has 2 aromatic rings. The molecule has 0 saturated carbocycles. The van der Waals surface area contributed by atoms with Crippen molar-refractivity contribution < 1.29 is 4.79 Å². The smallest absolute Gasteiger partial charge is 0.256 e. The Labute approximate surface area is 126 Å². The molecule has 0 unspecified atom stereocenters. The summed E-state index contributed by atoms with van der Waals surface area (Å²) < 4.78 is 1.27. The molecule has 1 aromatic carbocycles. The monoisotopic (exact) mass is 310 g/mol. The van der Waals surface area contributed by atoms with Crippen molar-refractivity contribution in [3.63, 3.8) is 0 Å². The molecule has 2 rings (SSSR count). The van der Waals surface area contributed by atoms with Crippen molar-refractivity contribution in [3.05, 3.63) is 61.7 Å².